The molecule has 4 rings (SSSR count). The molecule has 138 valence electrons. The summed E-state index contributed by atoms with van der Waals surface area (Å²) in [7, 11) is 0. The van der Waals surface area contributed by atoms with Crippen molar-refractivity contribution in [1.82, 2.24) is 10.9 Å². The number of anilines is 1. The molecule has 1 saturated heterocycles. The zero-order chi connectivity index (χ0) is 18.8. The van der Waals surface area contributed by atoms with Gasteiger partial charge < -0.3 is 14.4 Å². The second-order valence-corrected chi connectivity index (χ2v) is 6.18. The van der Waals surface area contributed by atoms with Gasteiger partial charge in [0.05, 0.1) is 0 Å². The van der Waals surface area contributed by atoms with Gasteiger partial charge in [-0.25, -0.2) is 0 Å². The first-order valence-corrected chi connectivity index (χ1v) is 8.52. The summed E-state index contributed by atoms with van der Waals surface area (Å²) in [5.41, 5.74) is 6.10. The topological polar surface area (TPSA) is 97.0 Å². The van der Waals surface area contributed by atoms with Crippen molar-refractivity contribution < 1.29 is 23.9 Å². The van der Waals surface area contributed by atoms with E-state index >= 15 is 0 Å². The lowest BCUT2D eigenvalue weighted by Gasteiger charge is -2.16. The number of amides is 3. The zero-order valence-electron chi connectivity index (χ0n) is 14.4. The zero-order valence-corrected chi connectivity index (χ0v) is 14.4. The number of nitrogens with one attached hydrogen (secondary N) is 2. The van der Waals surface area contributed by atoms with E-state index in [0.29, 0.717) is 41.3 Å². The van der Waals surface area contributed by atoms with E-state index in [1.807, 2.05) is 0 Å². The fourth-order valence-electron chi connectivity index (χ4n) is 3.03. The maximum absolute atomic E-state index is 12.3. The van der Waals surface area contributed by atoms with Crippen molar-refractivity contribution in [2.75, 3.05) is 18.2 Å². The Balaban J connectivity index is 1.40. The molecule has 2 aliphatic rings. The Bertz CT molecular complexity index is 927. The lowest BCUT2D eigenvalue weighted by atomic mass is 10.2. The van der Waals surface area contributed by atoms with Crippen LogP contribution < -0.4 is 25.2 Å². The van der Waals surface area contributed by atoms with Crippen LogP contribution >= 0.6 is 0 Å². The monoisotopic (exact) mass is 367 g/mol. The van der Waals surface area contributed by atoms with Crippen LogP contribution in [0.25, 0.3) is 0 Å². The fourth-order valence-corrected chi connectivity index (χ4v) is 3.03. The Labute approximate surface area is 155 Å². The number of ether oxygens (including phenoxy) is 2. The van der Waals surface area contributed by atoms with Crippen LogP contribution in [0.3, 0.4) is 0 Å². The summed E-state index contributed by atoms with van der Waals surface area (Å²) < 4.78 is 10.4. The van der Waals surface area contributed by atoms with Gasteiger partial charge in [0.2, 0.25) is 12.7 Å². The highest BCUT2D eigenvalue weighted by Gasteiger charge is 2.22. The highest BCUT2D eigenvalue weighted by molar-refractivity contribution is 6.01. The quantitative estimate of drug-likeness (QED) is 0.804. The number of hydrogen-bond donors (Lipinski definition) is 2. The average molecular weight is 367 g/mol. The van der Waals surface area contributed by atoms with Gasteiger partial charge in [0.15, 0.2) is 11.5 Å². The van der Waals surface area contributed by atoms with Crippen molar-refractivity contribution in [2.24, 2.45) is 0 Å². The first-order valence-electron chi connectivity index (χ1n) is 8.52. The van der Waals surface area contributed by atoms with Crippen LogP contribution in [0.5, 0.6) is 11.5 Å². The van der Waals surface area contributed by atoms with Crippen LogP contribution in [0, 0.1) is 0 Å². The van der Waals surface area contributed by atoms with Gasteiger partial charge in [-0.2, -0.15) is 0 Å². The molecule has 1 fully saturated rings. The predicted octanol–water partition coefficient (Wildman–Crippen LogP) is 1.62. The van der Waals surface area contributed by atoms with E-state index in [9.17, 15) is 14.4 Å². The minimum absolute atomic E-state index is 0.0451. The van der Waals surface area contributed by atoms with Crippen molar-refractivity contribution >= 4 is 23.4 Å². The summed E-state index contributed by atoms with van der Waals surface area (Å²) in [6.45, 7) is 0.762. The number of hydrogen-bond acceptors (Lipinski definition) is 5. The molecule has 27 heavy (non-hydrogen) atoms. The number of rotatable bonds is 3. The van der Waals surface area contributed by atoms with E-state index in [1.165, 1.54) is 0 Å². The number of benzene rings is 2. The number of nitrogens with zero attached hydrogens (tertiary/aromatic N) is 1. The summed E-state index contributed by atoms with van der Waals surface area (Å²) in [5.74, 6) is 0.148. The molecule has 8 nitrogen and oxygen atoms in total. The summed E-state index contributed by atoms with van der Waals surface area (Å²) in [6, 6.07) is 11.5. The highest BCUT2D eigenvalue weighted by atomic mass is 16.7. The molecule has 0 atom stereocenters. The van der Waals surface area contributed by atoms with Gasteiger partial charge in [-0.3, -0.25) is 25.2 Å². The maximum atomic E-state index is 12.3. The molecule has 2 aliphatic heterocycles. The molecule has 0 unspecified atom stereocenters. The molecule has 2 heterocycles. The van der Waals surface area contributed by atoms with Crippen LogP contribution in [-0.4, -0.2) is 31.1 Å². The van der Waals surface area contributed by atoms with Crippen LogP contribution in [-0.2, 0) is 4.79 Å². The Morgan fingerprint density at radius 1 is 0.926 bits per heavy atom. The van der Waals surface area contributed by atoms with Gasteiger partial charge >= 0.3 is 0 Å². The molecule has 2 aromatic carbocycles. The summed E-state index contributed by atoms with van der Waals surface area (Å²) in [6.07, 6.45) is 1.32. The maximum Gasteiger partial charge on any atom is 0.269 e. The van der Waals surface area contributed by atoms with E-state index in [-0.39, 0.29) is 12.7 Å². The molecular formula is C19H17N3O5. The largest absolute Gasteiger partial charge is 0.454 e. The van der Waals surface area contributed by atoms with Crippen molar-refractivity contribution in [3.05, 3.63) is 53.6 Å². The number of carbonyl (C=O) groups excluding carboxylic acids is 3. The van der Waals surface area contributed by atoms with Crippen molar-refractivity contribution in [3.63, 3.8) is 0 Å². The second-order valence-electron chi connectivity index (χ2n) is 6.18. The van der Waals surface area contributed by atoms with Crippen LogP contribution in [0.2, 0.25) is 0 Å². The number of hydrazine groups is 1. The van der Waals surface area contributed by atoms with Crippen LogP contribution in [0.4, 0.5) is 5.69 Å². The molecule has 0 aromatic heterocycles. The Hall–Kier alpha value is -3.55. The number of carbonyl (C=O) groups is 3. The van der Waals surface area contributed by atoms with Crippen molar-refractivity contribution in [1.29, 1.82) is 0 Å². The Kier molecular flexibility index (Phi) is 4.37. The smallest absolute Gasteiger partial charge is 0.269 e. The van der Waals surface area contributed by atoms with E-state index in [4.69, 9.17) is 9.47 Å². The molecule has 2 N–H and O–H groups in total. The number of fused-ring (bicyclic) bond motifs is 1. The first-order chi connectivity index (χ1) is 13.1. The van der Waals surface area contributed by atoms with Gasteiger partial charge in [0, 0.05) is 29.8 Å². The molecule has 3 amide bonds. The standard InChI is InChI=1S/C19H17N3O5/c23-17-5-2-8-22(17)14-4-1-3-12(9-14)18(24)20-21-19(25)13-6-7-15-16(10-13)27-11-26-15/h1,3-4,6-7,9-10H,2,5,8,11H2,(H,20,24)(H,21,25). The van der Waals surface area contributed by atoms with Crippen LogP contribution in [0.15, 0.2) is 42.5 Å². The average Bonchev–Trinajstić information content (AvgIpc) is 3.33. The fraction of sp³-hybridized carbons (Fsp3) is 0.211. The van der Waals surface area contributed by atoms with Gasteiger partial charge in [0.1, 0.15) is 0 Å². The Morgan fingerprint density at radius 3 is 2.41 bits per heavy atom. The highest BCUT2D eigenvalue weighted by Crippen LogP contribution is 2.32. The van der Waals surface area contributed by atoms with Crippen molar-refractivity contribution in [2.45, 2.75) is 12.8 Å². The van der Waals surface area contributed by atoms with Gasteiger partial charge in [0.25, 0.3) is 11.8 Å². The summed E-state index contributed by atoms with van der Waals surface area (Å²) in [5, 5.41) is 0. The lowest BCUT2D eigenvalue weighted by molar-refractivity contribution is -0.117. The molecular weight excluding hydrogens is 350 g/mol. The third-order valence-electron chi connectivity index (χ3n) is 4.42. The summed E-state index contributed by atoms with van der Waals surface area (Å²) >= 11 is 0. The molecule has 0 bridgehead atoms. The van der Waals surface area contributed by atoms with Gasteiger partial charge in [-0.1, -0.05) is 6.07 Å². The Morgan fingerprint density at radius 2 is 1.67 bits per heavy atom. The molecule has 0 radical (unpaired) electrons. The van der Waals surface area contributed by atoms with Crippen molar-refractivity contribution in [3.8, 4) is 11.5 Å². The van der Waals surface area contributed by atoms with Gasteiger partial charge in [-0.05, 0) is 42.8 Å². The van der Waals surface area contributed by atoms with Crippen LogP contribution in [0.1, 0.15) is 33.6 Å². The SMILES string of the molecule is O=C(NNC(=O)c1ccc2c(c1)OCO2)c1cccc(N2CCCC2=O)c1. The molecule has 0 spiro atoms. The van der Waals surface area contributed by atoms with E-state index in [2.05, 4.69) is 10.9 Å². The lowest BCUT2D eigenvalue weighted by Crippen LogP contribution is -2.41. The van der Waals surface area contributed by atoms with E-state index in [0.717, 1.165) is 6.42 Å². The second kappa shape index (κ2) is 6.99. The third kappa shape index (κ3) is 3.41. The first kappa shape index (κ1) is 16.9. The van der Waals surface area contributed by atoms with E-state index < -0.39 is 11.8 Å². The minimum atomic E-state index is -0.479. The molecule has 0 aliphatic carbocycles. The third-order valence-corrected chi connectivity index (χ3v) is 4.42. The minimum Gasteiger partial charge on any atom is -0.454 e. The van der Waals surface area contributed by atoms with Gasteiger partial charge in [-0.15, -0.1) is 0 Å². The summed E-state index contributed by atoms with van der Waals surface area (Å²) in [4.78, 5) is 38.1. The molecule has 2 aromatic rings. The molecule has 0 saturated carbocycles. The van der Waals surface area contributed by atoms with E-state index in [1.54, 1.807) is 47.4 Å². The molecule has 8 heteroatoms. The normalized spacial score (nSPS) is 15.0. The predicted molar refractivity (Wildman–Crippen MR) is 95.5 cm³/mol.